The summed E-state index contributed by atoms with van der Waals surface area (Å²) in [6.45, 7) is 4.24. The Morgan fingerprint density at radius 1 is 1.16 bits per heavy atom. The zero-order valence-electron chi connectivity index (χ0n) is 11.3. The number of ether oxygens (including phenoxy) is 3. The molecular weight excluding hydrogens is 242 g/mol. The zero-order chi connectivity index (χ0) is 13.3. The highest BCUT2D eigenvalue weighted by molar-refractivity contribution is 5.32. The van der Waals surface area contributed by atoms with Crippen molar-refractivity contribution in [3.8, 4) is 5.75 Å². The third-order valence-electron chi connectivity index (χ3n) is 3.37. The molecule has 1 saturated heterocycles. The van der Waals surface area contributed by atoms with Crippen LogP contribution in [0.5, 0.6) is 5.75 Å². The van der Waals surface area contributed by atoms with Gasteiger partial charge in [0.05, 0.1) is 6.61 Å². The van der Waals surface area contributed by atoms with Gasteiger partial charge in [-0.3, -0.25) is 0 Å². The van der Waals surface area contributed by atoms with Crippen molar-refractivity contribution >= 4 is 0 Å². The van der Waals surface area contributed by atoms with Gasteiger partial charge in [0.25, 0.3) is 0 Å². The van der Waals surface area contributed by atoms with E-state index in [4.69, 9.17) is 19.9 Å². The van der Waals surface area contributed by atoms with Gasteiger partial charge >= 0.3 is 0 Å². The fourth-order valence-corrected chi connectivity index (χ4v) is 2.19. The van der Waals surface area contributed by atoms with Crippen LogP contribution in [0.25, 0.3) is 0 Å². The molecule has 0 bridgehead atoms. The molecule has 4 heteroatoms. The van der Waals surface area contributed by atoms with Crippen molar-refractivity contribution < 1.29 is 14.2 Å². The summed E-state index contributed by atoms with van der Waals surface area (Å²) in [6.07, 6.45) is 2.22. The fourth-order valence-electron chi connectivity index (χ4n) is 2.19. The van der Waals surface area contributed by atoms with Gasteiger partial charge in [0.15, 0.2) is 0 Å². The Bertz CT molecular complexity index is 364. The first kappa shape index (κ1) is 14.3. The minimum absolute atomic E-state index is 0.499. The molecule has 0 saturated carbocycles. The van der Waals surface area contributed by atoms with E-state index in [1.165, 1.54) is 0 Å². The Morgan fingerprint density at radius 3 is 2.74 bits per heavy atom. The lowest BCUT2D eigenvalue weighted by molar-refractivity contribution is 0.0139. The summed E-state index contributed by atoms with van der Waals surface area (Å²) >= 11 is 0. The van der Waals surface area contributed by atoms with E-state index in [1.54, 1.807) is 0 Å². The first-order valence-electron chi connectivity index (χ1n) is 6.96. The van der Waals surface area contributed by atoms with Crippen LogP contribution in [0.2, 0.25) is 0 Å². The van der Waals surface area contributed by atoms with Gasteiger partial charge in [-0.1, -0.05) is 18.2 Å². The van der Waals surface area contributed by atoms with Gasteiger partial charge in [0, 0.05) is 31.9 Å². The Labute approximate surface area is 114 Å². The minimum atomic E-state index is 0.499. The lowest BCUT2D eigenvalue weighted by atomic mass is 10.0. The second-order valence-electron chi connectivity index (χ2n) is 4.79. The molecule has 0 aromatic heterocycles. The summed E-state index contributed by atoms with van der Waals surface area (Å²) in [5.41, 5.74) is 6.69. The van der Waals surface area contributed by atoms with Crippen LogP contribution in [0.3, 0.4) is 0 Å². The van der Waals surface area contributed by atoms with Gasteiger partial charge in [0.2, 0.25) is 0 Å². The average molecular weight is 265 g/mol. The Balaban J connectivity index is 1.61. The Morgan fingerprint density at radius 2 is 1.95 bits per heavy atom. The molecule has 2 rings (SSSR count). The minimum Gasteiger partial charge on any atom is -0.491 e. The number of para-hydroxylation sites is 1. The van der Waals surface area contributed by atoms with Crippen LogP contribution in [-0.4, -0.2) is 33.0 Å². The monoisotopic (exact) mass is 265 g/mol. The molecule has 4 nitrogen and oxygen atoms in total. The second kappa shape index (κ2) is 8.15. The van der Waals surface area contributed by atoms with Crippen LogP contribution in [0.15, 0.2) is 24.3 Å². The molecular formula is C15H23NO3. The van der Waals surface area contributed by atoms with Crippen molar-refractivity contribution in [1.82, 2.24) is 0 Å². The predicted octanol–water partition coefficient (Wildman–Crippen LogP) is 1.97. The number of benzene rings is 1. The van der Waals surface area contributed by atoms with Gasteiger partial charge in [-0.25, -0.2) is 0 Å². The number of nitrogens with two attached hydrogens (primary N) is 1. The SMILES string of the molecule is NCc1ccccc1OCCOCC1CCOCC1. The standard InChI is InChI=1S/C15H23NO3/c16-11-14-3-1-2-4-15(14)19-10-9-18-12-13-5-7-17-8-6-13/h1-4,13H,5-12,16H2. The van der Waals surface area contributed by atoms with E-state index >= 15 is 0 Å². The fraction of sp³-hybridized carbons (Fsp3) is 0.600. The third-order valence-corrected chi connectivity index (χ3v) is 3.37. The smallest absolute Gasteiger partial charge is 0.123 e. The van der Waals surface area contributed by atoms with Crippen molar-refractivity contribution in [1.29, 1.82) is 0 Å². The first-order valence-corrected chi connectivity index (χ1v) is 6.96. The highest BCUT2D eigenvalue weighted by atomic mass is 16.5. The molecule has 1 aliphatic heterocycles. The first-order chi connectivity index (χ1) is 9.40. The second-order valence-corrected chi connectivity index (χ2v) is 4.79. The highest BCUT2D eigenvalue weighted by Gasteiger charge is 2.13. The van der Waals surface area contributed by atoms with E-state index in [1.807, 2.05) is 24.3 Å². The van der Waals surface area contributed by atoms with Crippen molar-refractivity contribution in [2.75, 3.05) is 33.0 Å². The predicted molar refractivity (Wildman–Crippen MR) is 74.2 cm³/mol. The number of hydrogen-bond acceptors (Lipinski definition) is 4. The summed E-state index contributed by atoms with van der Waals surface area (Å²) in [7, 11) is 0. The molecule has 2 N–H and O–H groups in total. The van der Waals surface area contributed by atoms with Crippen LogP contribution in [-0.2, 0) is 16.0 Å². The van der Waals surface area contributed by atoms with Gasteiger partial charge in [0.1, 0.15) is 12.4 Å². The van der Waals surface area contributed by atoms with Gasteiger partial charge < -0.3 is 19.9 Å². The van der Waals surface area contributed by atoms with E-state index in [9.17, 15) is 0 Å². The van der Waals surface area contributed by atoms with Crippen LogP contribution >= 0.6 is 0 Å². The lowest BCUT2D eigenvalue weighted by Crippen LogP contribution is -2.21. The molecule has 0 atom stereocenters. The van der Waals surface area contributed by atoms with Crippen molar-refractivity contribution in [2.45, 2.75) is 19.4 Å². The van der Waals surface area contributed by atoms with Gasteiger partial charge in [-0.15, -0.1) is 0 Å². The normalized spacial score (nSPS) is 16.5. The van der Waals surface area contributed by atoms with Crippen molar-refractivity contribution in [3.05, 3.63) is 29.8 Å². The topological polar surface area (TPSA) is 53.7 Å². The van der Waals surface area contributed by atoms with E-state index in [0.29, 0.717) is 25.7 Å². The van der Waals surface area contributed by atoms with Crippen LogP contribution in [0.1, 0.15) is 18.4 Å². The summed E-state index contributed by atoms with van der Waals surface area (Å²) in [5, 5.41) is 0. The average Bonchev–Trinajstić information content (AvgIpc) is 2.48. The third kappa shape index (κ3) is 4.82. The summed E-state index contributed by atoms with van der Waals surface area (Å²) in [4.78, 5) is 0. The Kier molecular flexibility index (Phi) is 6.14. The molecule has 1 aliphatic rings. The van der Waals surface area contributed by atoms with E-state index in [0.717, 1.165) is 44.0 Å². The zero-order valence-corrected chi connectivity index (χ0v) is 11.3. The molecule has 0 aliphatic carbocycles. The molecule has 1 aromatic rings. The Hall–Kier alpha value is -1.10. The quantitative estimate of drug-likeness (QED) is 0.766. The largest absolute Gasteiger partial charge is 0.491 e. The molecule has 0 radical (unpaired) electrons. The number of rotatable bonds is 7. The molecule has 106 valence electrons. The van der Waals surface area contributed by atoms with Gasteiger partial charge in [-0.05, 0) is 24.8 Å². The summed E-state index contributed by atoms with van der Waals surface area (Å²) in [6, 6.07) is 7.85. The summed E-state index contributed by atoms with van der Waals surface area (Å²) < 4.78 is 16.7. The van der Waals surface area contributed by atoms with Crippen LogP contribution < -0.4 is 10.5 Å². The molecule has 1 aromatic carbocycles. The maximum atomic E-state index is 5.69. The maximum Gasteiger partial charge on any atom is 0.123 e. The highest BCUT2D eigenvalue weighted by Crippen LogP contribution is 2.17. The van der Waals surface area contributed by atoms with Crippen LogP contribution in [0, 0.1) is 5.92 Å². The molecule has 0 spiro atoms. The van der Waals surface area contributed by atoms with E-state index in [-0.39, 0.29) is 0 Å². The molecule has 0 unspecified atom stereocenters. The summed E-state index contributed by atoms with van der Waals surface area (Å²) in [5.74, 6) is 1.50. The van der Waals surface area contributed by atoms with Crippen molar-refractivity contribution in [2.24, 2.45) is 11.7 Å². The van der Waals surface area contributed by atoms with E-state index < -0.39 is 0 Å². The maximum absolute atomic E-state index is 5.69. The molecule has 1 fully saturated rings. The molecule has 19 heavy (non-hydrogen) atoms. The molecule has 0 amide bonds. The molecule has 1 heterocycles. The lowest BCUT2D eigenvalue weighted by Gasteiger charge is -2.21. The number of hydrogen-bond donors (Lipinski definition) is 1. The van der Waals surface area contributed by atoms with Crippen LogP contribution in [0.4, 0.5) is 0 Å². The van der Waals surface area contributed by atoms with Gasteiger partial charge in [-0.2, -0.15) is 0 Å². The van der Waals surface area contributed by atoms with Crippen molar-refractivity contribution in [3.63, 3.8) is 0 Å². The van der Waals surface area contributed by atoms with E-state index in [2.05, 4.69) is 0 Å².